The SMILES string of the molecule is CCc1cc(CC(O)CC(C)COC)n(C)n1. The molecule has 4 heteroatoms. The van der Waals surface area contributed by atoms with E-state index in [4.69, 9.17) is 4.74 Å². The Bertz CT molecular complexity index is 336. The molecule has 0 aliphatic carbocycles. The number of aliphatic hydroxyl groups is 1. The molecular weight excluding hydrogens is 216 g/mol. The average molecular weight is 240 g/mol. The van der Waals surface area contributed by atoms with E-state index in [0.29, 0.717) is 18.9 Å². The Balaban J connectivity index is 2.49. The summed E-state index contributed by atoms with van der Waals surface area (Å²) in [6, 6.07) is 2.07. The van der Waals surface area contributed by atoms with E-state index >= 15 is 0 Å². The Morgan fingerprint density at radius 3 is 2.76 bits per heavy atom. The largest absolute Gasteiger partial charge is 0.393 e. The van der Waals surface area contributed by atoms with E-state index in [1.165, 1.54) is 0 Å². The van der Waals surface area contributed by atoms with Crippen molar-refractivity contribution in [1.82, 2.24) is 9.78 Å². The summed E-state index contributed by atoms with van der Waals surface area (Å²) in [5.74, 6) is 0.383. The van der Waals surface area contributed by atoms with E-state index in [-0.39, 0.29) is 6.10 Å². The second kappa shape index (κ2) is 6.77. The zero-order valence-corrected chi connectivity index (χ0v) is 11.3. The molecule has 0 saturated carbocycles. The van der Waals surface area contributed by atoms with Crippen molar-refractivity contribution in [3.63, 3.8) is 0 Å². The van der Waals surface area contributed by atoms with Gasteiger partial charge in [-0.05, 0) is 24.8 Å². The lowest BCUT2D eigenvalue weighted by atomic mass is 10.0. The maximum atomic E-state index is 10.0. The van der Waals surface area contributed by atoms with Crippen molar-refractivity contribution in [1.29, 1.82) is 0 Å². The molecule has 0 aromatic carbocycles. The predicted molar refractivity (Wildman–Crippen MR) is 68.0 cm³/mol. The summed E-state index contributed by atoms with van der Waals surface area (Å²) < 4.78 is 6.94. The van der Waals surface area contributed by atoms with Gasteiger partial charge in [-0.3, -0.25) is 4.68 Å². The number of aryl methyl sites for hydroxylation is 2. The number of nitrogens with zero attached hydrogens (tertiary/aromatic N) is 2. The smallest absolute Gasteiger partial charge is 0.0624 e. The van der Waals surface area contributed by atoms with Gasteiger partial charge in [-0.25, -0.2) is 0 Å². The fourth-order valence-corrected chi connectivity index (χ4v) is 2.08. The van der Waals surface area contributed by atoms with Gasteiger partial charge in [-0.15, -0.1) is 0 Å². The van der Waals surface area contributed by atoms with Gasteiger partial charge in [-0.2, -0.15) is 5.10 Å². The molecule has 0 saturated heterocycles. The molecule has 0 spiro atoms. The monoisotopic (exact) mass is 240 g/mol. The molecule has 1 heterocycles. The second-order valence-corrected chi connectivity index (χ2v) is 4.76. The lowest BCUT2D eigenvalue weighted by Gasteiger charge is -2.15. The molecule has 0 bridgehead atoms. The summed E-state index contributed by atoms with van der Waals surface area (Å²) >= 11 is 0. The molecule has 2 unspecified atom stereocenters. The molecule has 4 nitrogen and oxygen atoms in total. The van der Waals surface area contributed by atoms with Crippen molar-refractivity contribution in [2.45, 2.75) is 39.2 Å². The Morgan fingerprint density at radius 1 is 1.53 bits per heavy atom. The number of ether oxygens (including phenoxy) is 1. The fourth-order valence-electron chi connectivity index (χ4n) is 2.08. The Hall–Kier alpha value is -0.870. The van der Waals surface area contributed by atoms with Crippen molar-refractivity contribution < 1.29 is 9.84 Å². The molecule has 1 aromatic rings. The molecule has 1 N–H and O–H groups in total. The minimum Gasteiger partial charge on any atom is -0.393 e. The first-order valence-corrected chi connectivity index (χ1v) is 6.25. The van der Waals surface area contributed by atoms with Gasteiger partial charge in [0.2, 0.25) is 0 Å². The average Bonchev–Trinajstić information content (AvgIpc) is 2.59. The normalized spacial score (nSPS) is 14.9. The second-order valence-electron chi connectivity index (χ2n) is 4.76. The van der Waals surface area contributed by atoms with Crippen LogP contribution in [0.3, 0.4) is 0 Å². The highest BCUT2D eigenvalue weighted by atomic mass is 16.5. The van der Waals surface area contributed by atoms with Gasteiger partial charge in [0.05, 0.1) is 11.8 Å². The highest BCUT2D eigenvalue weighted by molar-refractivity contribution is 5.11. The lowest BCUT2D eigenvalue weighted by Crippen LogP contribution is -2.18. The maximum absolute atomic E-state index is 10.0. The molecular formula is C13H24N2O2. The third kappa shape index (κ3) is 4.48. The third-order valence-electron chi connectivity index (χ3n) is 2.96. The van der Waals surface area contributed by atoms with Crippen LogP contribution in [0.2, 0.25) is 0 Å². The van der Waals surface area contributed by atoms with Crippen LogP contribution < -0.4 is 0 Å². The minimum absolute atomic E-state index is 0.319. The van der Waals surface area contributed by atoms with Gasteiger partial charge in [0.25, 0.3) is 0 Å². The van der Waals surface area contributed by atoms with Crippen LogP contribution in [0.5, 0.6) is 0 Å². The molecule has 0 aliphatic heterocycles. The standard InChI is InChI=1S/C13H24N2O2/c1-5-11-7-12(15(3)14-11)8-13(16)6-10(2)9-17-4/h7,10,13,16H,5-6,8-9H2,1-4H3. The zero-order chi connectivity index (χ0) is 12.8. The number of aromatic nitrogens is 2. The van der Waals surface area contributed by atoms with E-state index in [1.54, 1.807) is 7.11 Å². The Kier molecular flexibility index (Phi) is 5.65. The quantitative estimate of drug-likeness (QED) is 0.786. The van der Waals surface area contributed by atoms with E-state index in [0.717, 1.165) is 24.2 Å². The van der Waals surface area contributed by atoms with E-state index in [2.05, 4.69) is 25.0 Å². The van der Waals surface area contributed by atoms with Crippen molar-refractivity contribution in [2.24, 2.45) is 13.0 Å². The molecule has 0 amide bonds. The van der Waals surface area contributed by atoms with Crippen LogP contribution in [0.15, 0.2) is 6.07 Å². The number of methoxy groups -OCH3 is 1. The van der Waals surface area contributed by atoms with Gasteiger partial charge in [0.15, 0.2) is 0 Å². The zero-order valence-electron chi connectivity index (χ0n) is 11.3. The van der Waals surface area contributed by atoms with Crippen LogP contribution >= 0.6 is 0 Å². The van der Waals surface area contributed by atoms with Crippen LogP contribution in [0, 0.1) is 5.92 Å². The topological polar surface area (TPSA) is 47.3 Å². The van der Waals surface area contributed by atoms with Gasteiger partial charge in [0, 0.05) is 32.9 Å². The van der Waals surface area contributed by atoms with Crippen molar-refractivity contribution in [2.75, 3.05) is 13.7 Å². The molecule has 0 fully saturated rings. The van der Waals surface area contributed by atoms with Crippen molar-refractivity contribution >= 4 is 0 Å². The van der Waals surface area contributed by atoms with Crippen LogP contribution in [-0.2, 0) is 24.6 Å². The van der Waals surface area contributed by atoms with Crippen LogP contribution in [0.1, 0.15) is 31.7 Å². The minimum atomic E-state index is -0.319. The summed E-state index contributed by atoms with van der Waals surface area (Å²) in [6.45, 7) is 4.87. The lowest BCUT2D eigenvalue weighted by molar-refractivity contribution is 0.101. The fraction of sp³-hybridized carbons (Fsp3) is 0.769. The third-order valence-corrected chi connectivity index (χ3v) is 2.96. The van der Waals surface area contributed by atoms with Gasteiger partial charge in [0.1, 0.15) is 0 Å². The molecule has 0 radical (unpaired) electrons. The highest BCUT2D eigenvalue weighted by Crippen LogP contribution is 2.12. The Labute approximate surface area is 104 Å². The summed E-state index contributed by atoms with van der Waals surface area (Å²) in [5, 5.41) is 14.4. The number of rotatable bonds is 7. The summed E-state index contributed by atoms with van der Waals surface area (Å²) in [5.41, 5.74) is 2.18. The molecule has 17 heavy (non-hydrogen) atoms. The number of aliphatic hydroxyl groups excluding tert-OH is 1. The molecule has 1 rings (SSSR count). The Morgan fingerprint density at radius 2 is 2.24 bits per heavy atom. The van der Waals surface area contributed by atoms with Gasteiger partial charge < -0.3 is 9.84 Å². The van der Waals surface area contributed by atoms with Crippen LogP contribution in [0.25, 0.3) is 0 Å². The molecule has 1 aromatic heterocycles. The maximum Gasteiger partial charge on any atom is 0.0624 e. The van der Waals surface area contributed by atoms with Gasteiger partial charge >= 0.3 is 0 Å². The van der Waals surface area contributed by atoms with E-state index in [9.17, 15) is 5.11 Å². The molecule has 98 valence electrons. The predicted octanol–water partition coefficient (Wildman–Crippen LogP) is 1.56. The van der Waals surface area contributed by atoms with E-state index < -0.39 is 0 Å². The summed E-state index contributed by atoms with van der Waals surface area (Å²) in [4.78, 5) is 0. The first kappa shape index (κ1) is 14.2. The molecule has 0 aliphatic rings. The van der Waals surface area contributed by atoms with Crippen molar-refractivity contribution in [3.8, 4) is 0 Å². The van der Waals surface area contributed by atoms with Gasteiger partial charge in [-0.1, -0.05) is 13.8 Å². The van der Waals surface area contributed by atoms with Crippen LogP contribution in [0.4, 0.5) is 0 Å². The van der Waals surface area contributed by atoms with Crippen LogP contribution in [-0.4, -0.2) is 34.7 Å². The highest BCUT2D eigenvalue weighted by Gasteiger charge is 2.13. The summed E-state index contributed by atoms with van der Waals surface area (Å²) in [6.07, 6.45) is 2.04. The number of hydrogen-bond acceptors (Lipinski definition) is 3. The first-order valence-electron chi connectivity index (χ1n) is 6.25. The first-order chi connectivity index (χ1) is 8.06. The number of hydrogen-bond donors (Lipinski definition) is 1. The van der Waals surface area contributed by atoms with Crippen molar-refractivity contribution in [3.05, 3.63) is 17.5 Å². The molecule has 2 atom stereocenters. The summed E-state index contributed by atoms with van der Waals surface area (Å²) in [7, 11) is 3.62. The van der Waals surface area contributed by atoms with E-state index in [1.807, 2.05) is 11.7 Å².